The zero-order valence-electron chi connectivity index (χ0n) is 18.2. The smallest absolute Gasteiger partial charge is 0.313 e. The predicted molar refractivity (Wildman–Crippen MR) is 128 cm³/mol. The number of esters is 1. The number of nitrogens with zero attached hydrogens (tertiary/aromatic N) is 5. The molecule has 1 aromatic carbocycles. The normalized spacial score (nSPS) is 17.9. The van der Waals surface area contributed by atoms with Crippen molar-refractivity contribution in [2.75, 3.05) is 54.0 Å². The summed E-state index contributed by atoms with van der Waals surface area (Å²) in [5, 5.41) is 7.12. The lowest BCUT2D eigenvalue weighted by atomic mass is 10.1. The highest BCUT2D eigenvalue weighted by atomic mass is 19.1. The fourth-order valence-electron chi connectivity index (χ4n) is 4.03. The molecule has 2 aromatic rings. The summed E-state index contributed by atoms with van der Waals surface area (Å²) in [5.74, 6) is -0.841. The Hall–Kier alpha value is -3.50. The summed E-state index contributed by atoms with van der Waals surface area (Å²) < 4.78 is 33.5. The molecule has 11 heteroatoms. The van der Waals surface area contributed by atoms with Crippen LogP contribution in [0.5, 0.6) is 0 Å². The first-order valence-corrected chi connectivity index (χ1v) is 10.9. The van der Waals surface area contributed by atoms with Crippen molar-refractivity contribution >= 4 is 29.1 Å². The maximum atomic E-state index is 15.0. The van der Waals surface area contributed by atoms with Crippen LogP contribution in [0, 0.1) is 11.2 Å². The van der Waals surface area contributed by atoms with Crippen LogP contribution in [0.3, 0.4) is 0 Å². The van der Waals surface area contributed by atoms with Crippen molar-refractivity contribution in [3.05, 3.63) is 42.0 Å². The highest BCUT2D eigenvalue weighted by molar-refractivity contribution is 5.94. The van der Waals surface area contributed by atoms with Gasteiger partial charge in [-0.05, 0) is 12.5 Å². The second-order valence-corrected chi connectivity index (χ2v) is 8.16. The molecule has 0 spiro atoms. The van der Waals surface area contributed by atoms with E-state index in [-0.39, 0.29) is 31.9 Å². The molecule has 1 aromatic heterocycles. The molecule has 3 N–H and O–H groups in total. The molecule has 0 amide bonds. The number of halogens is 2. The number of ether oxygens (including phenoxy) is 1. The van der Waals surface area contributed by atoms with E-state index in [1.165, 1.54) is 0 Å². The monoisotopic (exact) mass is 475 g/mol. The number of amidine groups is 1. The second kappa shape index (κ2) is 11.1. The highest BCUT2D eigenvalue weighted by Gasteiger charge is 2.25. The maximum absolute atomic E-state index is 15.0. The van der Waals surface area contributed by atoms with Gasteiger partial charge in [0.15, 0.2) is 5.82 Å². The molecular formula is C23H31F2N7O2. The van der Waals surface area contributed by atoms with Gasteiger partial charge in [-0.1, -0.05) is 19.6 Å². The lowest BCUT2D eigenvalue weighted by molar-refractivity contribution is -0.143. The number of alkyl halides is 1. The van der Waals surface area contributed by atoms with Crippen LogP contribution >= 0.6 is 0 Å². The van der Waals surface area contributed by atoms with Gasteiger partial charge in [0, 0.05) is 38.3 Å². The standard InChI is InChI=1S/C22H27F2N7O2.CH4/c23-16-4-5-31(13-16)22-27-11-17(12-28-22)29-6-8-30(9-7-29)18-3-1-2-15(21(18)24)14-33-20(32)10-19(25)26;/h1-3,11-12,16H,4-10,13-14H2,(H3,25,26);1H4/t16-;/m1./s1. The number of hydrogen-bond donors (Lipinski definition) is 2. The van der Waals surface area contributed by atoms with E-state index in [1.807, 2.05) is 9.80 Å². The Bertz CT molecular complexity index is 997. The SMILES string of the molecule is C.N=C(N)CC(=O)OCc1cccc(N2CCN(c3cnc(N4CC[C@@H](F)C4)nc3)CC2)c1F. The Morgan fingerprint density at radius 3 is 2.41 bits per heavy atom. The van der Waals surface area contributed by atoms with Crippen LogP contribution in [0.25, 0.3) is 0 Å². The molecule has 0 radical (unpaired) electrons. The van der Waals surface area contributed by atoms with Crippen LogP contribution in [0.1, 0.15) is 25.8 Å². The Morgan fingerprint density at radius 2 is 1.79 bits per heavy atom. The van der Waals surface area contributed by atoms with E-state index in [2.05, 4.69) is 14.9 Å². The molecule has 2 fully saturated rings. The largest absolute Gasteiger partial charge is 0.460 e. The molecule has 3 heterocycles. The predicted octanol–water partition coefficient (Wildman–Crippen LogP) is 2.50. The van der Waals surface area contributed by atoms with Crippen molar-refractivity contribution < 1.29 is 18.3 Å². The molecule has 0 saturated carbocycles. The fraction of sp³-hybridized carbons (Fsp3) is 0.478. The quantitative estimate of drug-likeness (QED) is 0.357. The first-order chi connectivity index (χ1) is 15.9. The molecule has 0 unspecified atom stereocenters. The van der Waals surface area contributed by atoms with Crippen molar-refractivity contribution in [2.24, 2.45) is 5.73 Å². The van der Waals surface area contributed by atoms with Crippen molar-refractivity contribution in [3.63, 3.8) is 0 Å². The number of nitrogens with one attached hydrogen (secondary N) is 1. The van der Waals surface area contributed by atoms with Gasteiger partial charge in [-0.25, -0.2) is 18.7 Å². The first kappa shape index (κ1) is 25.1. The average molecular weight is 476 g/mol. The molecule has 2 aliphatic rings. The number of piperazine rings is 1. The minimum atomic E-state index is -0.826. The fourth-order valence-corrected chi connectivity index (χ4v) is 4.03. The number of hydrogen-bond acceptors (Lipinski definition) is 8. The lowest BCUT2D eigenvalue weighted by Gasteiger charge is -2.37. The molecule has 2 aliphatic heterocycles. The van der Waals surface area contributed by atoms with E-state index in [0.29, 0.717) is 57.3 Å². The van der Waals surface area contributed by atoms with E-state index in [9.17, 15) is 9.18 Å². The van der Waals surface area contributed by atoms with Gasteiger partial charge >= 0.3 is 5.97 Å². The van der Waals surface area contributed by atoms with E-state index >= 15 is 4.39 Å². The van der Waals surface area contributed by atoms with Gasteiger partial charge in [0.25, 0.3) is 0 Å². The molecule has 34 heavy (non-hydrogen) atoms. The molecule has 9 nitrogen and oxygen atoms in total. The van der Waals surface area contributed by atoms with Gasteiger partial charge in [0.2, 0.25) is 5.95 Å². The molecule has 0 bridgehead atoms. The van der Waals surface area contributed by atoms with Crippen molar-refractivity contribution in [1.82, 2.24) is 9.97 Å². The summed E-state index contributed by atoms with van der Waals surface area (Å²) in [4.78, 5) is 26.3. The van der Waals surface area contributed by atoms with Gasteiger partial charge in [-0.2, -0.15) is 0 Å². The number of benzene rings is 1. The topological polar surface area (TPSA) is 112 Å². The van der Waals surface area contributed by atoms with Crippen LogP contribution in [0.4, 0.5) is 26.1 Å². The zero-order valence-corrected chi connectivity index (χ0v) is 18.2. The van der Waals surface area contributed by atoms with Crippen molar-refractivity contribution in [2.45, 2.75) is 33.0 Å². The summed E-state index contributed by atoms with van der Waals surface area (Å²) in [6, 6.07) is 5.00. The van der Waals surface area contributed by atoms with Crippen LogP contribution < -0.4 is 20.4 Å². The van der Waals surface area contributed by atoms with Crippen LogP contribution in [0.2, 0.25) is 0 Å². The first-order valence-electron chi connectivity index (χ1n) is 10.9. The number of rotatable bonds is 7. The number of anilines is 3. The number of nitrogens with two attached hydrogens (primary N) is 1. The van der Waals surface area contributed by atoms with Gasteiger partial charge in [0.05, 0.1) is 30.3 Å². The molecule has 4 rings (SSSR count). The second-order valence-electron chi connectivity index (χ2n) is 8.16. The van der Waals surface area contributed by atoms with Crippen molar-refractivity contribution in [1.29, 1.82) is 5.41 Å². The summed E-state index contributed by atoms with van der Waals surface area (Å²) in [6.07, 6.45) is 2.86. The number of carbonyl (C=O) groups excluding carboxylic acids is 1. The van der Waals surface area contributed by atoms with Crippen molar-refractivity contribution in [3.8, 4) is 0 Å². The molecular weight excluding hydrogens is 444 g/mol. The molecule has 184 valence electrons. The third-order valence-electron chi connectivity index (χ3n) is 5.81. The lowest BCUT2D eigenvalue weighted by Crippen LogP contribution is -2.47. The van der Waals surface area contributed by atoms with Gasteiger partial charge in [-0.15, -0.1) is 0 Å². The third-order valence-corrected chi connectivity index (χ3v) is 5.81. The minimum absolute atomic E-state index is 0. The summed E-state index contributed by atoms with van der Waals surface area (Å²) in [6.45, 7) is 3.27. The Labute approximate surface area is 198 Å². The van der Waals surface area contributed by atoms with Crippen LogP contribution in [0.15, 0.2) is 30.6 Å². The van der Waals surface area contributed by atoms with Gasteiger partial charge in [0.1, 0.15) is 25.0 Å². The van der Waals surface area contributed by atoms with E-state index < -0.39 is 18.0 Å². The molecule has 0 aliphatic carbocycles. The minimum Gasteiger partial charge on any atom is -0.460 e. The maximum Gasteiger partial charge on any atom is 0.313 e. The molecule has 2 saturated heterocycles. The van der Waals surface area contributed by atoms with E-state index in [4.69, 9.17) is 15.9 Å². The van der Waals surface area contributed by atoms with E-state index in [1.54, 1.807) is 30.6 Å². The highest BCUT2D eigenvalue weighted by Crippen LogP contribution is 2.26. The zero-order chi connectivity index (χ0) is 23.4. The Kier molecular flexibility index (Phi) is 8.19. The average Bonchev–Trinajstić information content (AvgIpc) is 3.24. The van der Waals surface area contributed by atoms with Crippen LogP contribution in [-0.4, -0.2) is 67.2 Å². The van der Waals surface area contributed by atoms with Crippen LogP contribution in [-0.2, 0) is 16.1 Å². The Balaban J connectivity index is 0.00000324. The van der Waals surface area contributed by atoms with E-state index in [0.717, 1.165) is 5.69 Å². The van der Waals surface area contributed by atoms with Gasteiger partial charge in [-0.3, -0.25) is 10.2 Å². The summed E-state index contributed by atoms with van der Waals surface area (Å²) >= 11 is 0. The number of carbonyl (C=O) groups is 1. The van der Waals surface area contributed by atoms with Gasteiger partial charge < -0.3 is 25.2 Å². The third kappa shape index (κ3) is 5.89. The number of aromatic nitrogens is 2. The Morgan fingerprint density at radius 1 is 1.12 bits per heavy atom. The summed E-state index contributed by atoms with van der Waals surface area (Å²) in [7, 11) is 0. The summed E-state index contributed by atoms with van der Waals surface area (Å²) in [5.41, 5.74) is 6.78. The molecule has 1 atom stereocenters.